The molecule has 1 unspecified atom stereocenters. The number of phenols is 1. The van der Waals surface area contributed by atoms with E-state index in [9.17, 15) is 0 Å². The molecule has 4 nitrogen and oxygen atoms in total. The minimum Gasteiger partial charge on any atom is -0.508 e. The monoisotopic (exact) mass is 225 g/mol. The summed E-state index contributed by atoms with van der Waals surface area (Å²) in [5.41, 5.74) is 1.12. The predicted octanol–water partition coefficient (Wildman–Crippen LogP) is 1.05. The smallest absolute Gasteiger partial charge is 0.115 e. The molecule has 1 aromatic carbocycles. The SMILES string of the molecule is CC(NCCOCCO)c1ccc(O)cc1. The summed E-state index contributed by atoms with van der Waals surface area (Å²) in [6, 6.07) is 7.35. The van der Waals surface area contributed by atoms with Crippen molar-refractivity contribution < 1.29 is 14.9 Å². The summed E-state index contributed by atoms with van der Waals surface area (Å²) < 4.78 is 5.14. The fourth-order valence-electron chi connectivity index (χ4n) is 1.40. The first-order chi connectivity index (χ1) is 7.74. The number of aliphatic hydroxyl groups is 1. The van der Waals surface area contributed by atoms with Crippen LogP contribution in [0.2, 0.25) is 0 Å². The van der Waals surface area contributed by atoms with Crippen molar-refractivity contribution in [1.82, 2.24) is 5.32 Å². The topological polar surface area (TPSA) is 61.7 Å². The van der Waals surface area contributed by atoms with Crippen LogP contribution >= 0.6 is 0 Å². The first-order valence-corrected chi connectivity index (χ1v) is 5.45. The quantitative estimate of drug-likeness (QED) is 0.607. The van der Waals surface area contributed by atoms with E-state index in [4.69, 9.17) is 14.9 Å². The second-order valence-corrected chi connectivity index (χ2v) is 3.60. The molecule has 0 aliphatic carbocycles. The van der Waals surface area contributed by atoms with Crippen LogP contribution < -0.4 is 5.32 Å². The van der Waals surface area contributed by atoms with Crippen LogP contribution in [0.5, 0.6) is 5.75 Å². The fourth-order valence-corrected chi connectivity index (χ4v) is 1.40. The van der Waals surface area contributed by atoms with Crippen molar-refractivity contribution in [1.29, 1.82) is 0 Å². The van der Waals surface area contributed by atoms with Crippen LogP contribution in [0.15, 0.2) is 24.3 Å². The highest BCUT2D eigenvalue weighted by atomic mass is 16.5. The zero-order valence-corrected chi connectivity index (χ0v) is 9.52. The molecule has 0 aliphatic heterocycles. The average Bonchev–Trinajstić information content (AvgIpc) is 2.29. The molecule has 0 saturated carbocycles. The van der Waals surface area contributed by atoms with Gasteiger partial charge >= 0.3 is 0 Å². The van der Waals surface area contributed by atoms with Gasteiger partial charge < -0.3 is 20.3 Å². The normalized spacial score (nSPS) is 12.6. The molecular weight excluding hydrogens is 206 g/mol. The maximum atomic E-state index is 9.15. The number of benzene rings is 1. The Labute approximate surface area is 95.9 Å². The Morgan fingerprint density at radius 1 is 1.25 bits per heavy atom. The first kappa shape index (κ1) is 13.0. The number of rotatable bonds is 7. The van der Waals surface area contributed by atoms with Gasteiger partial charge in [0, 0.05) is 12.6 Å². The summed E-state index contributed by atoms with van der Waals surface area (Å²) in [4.78, 5) is 0. The lowest BCUT2D eigenvalue weighted by Gasteiger charge is -2.14. The van der Waals surface area contributed by atoms with Gasteiger partial charge in [-0.15, -0.1) is 0 Å². The number of hydrogen-bond donors (Lipinski definition) is 3. The first-order valence-electron chi connectivity index (χ1n) is 5.45. The molecule has 0 spiro atoms. The van der Waals surface area contributed by atoms with Crippen molar-refractivity contribution >= 4 is 0 Å². The fraction of sp³-hybridized carbons (Fsp3) is 0.500. The van der Waals surface area contributed by atoms with Gasteiger partial charge in [-0.25, -0.2) is 0 Å². The molecule has 1 atom stereocenters. The van der Waals surface area contributed by atoms with Gasteiger partial charge in [0.25, 0.3) is 0 Å². The molecule has 0 bridgehead atoms. The van der Waals surface area contributed by atoms with E-state index in [0.717, 1.165) is 12.1 Å². The predicted molar refractivity (Wildman–Crippen MR) is 62.4 cm³/mol. The summed E-state index contributed by atoms with van der Waals surface area (Å²) in [7, 11) is 0. The molecule has 1 rings (SSSR count). The Morgan fingerprint density at radius 3 is 2.56 bits per heavy atom. The van der Waals surface area contributed by atoms with Crippen molar-refractivity contribution in [3.8, 4) is 5.75 Å². The maximum Gasteiger partial charge on any atom is 0.115 e. The lowest BCUT2D eigenvalue weighted by Crippen LogP contribution is -2.23. The second kappa shape index (κ2) is 7.22. The van der Waals surface area contributed by atoms with Gasteiger partial charge in [0.05, 0.1) is 19.8 Å². The molecule has 0 fully saturated rings. The van der Waals surface area contributed by atoms with Gasteiger partial charge in [0.2, 0.25) is 0 Å². The maximum absolute atomic E-state index is 9.15. The molecule has 90 valence electrons. The van der Waals surface area contributed by atoms with Gasteiger partial charge in [0.15, 0.2) is 0 Å². The van der Waals surface area contributed by atoms with E-state index in [0.29, 0.717) is 13.2 Å². The molecule has 16 heavy (non-hydrogen) atoms. The Kier molecular flexibility index (Phi) is 5.85. The lowest BCUT2D eigenvalue weighted by molar-refractivity contribution is 0.0928. The van der Waals surface area contributed by atoms with E-state index in [1.54, 1.807) is 12.1 Å². The zero-order chi connectivity index (χ0) is 11.8. The van der Waals surface area contributed by atoms with Crippen LogP contribution in [0.1, 0.15) is 18.5 Å². The van der Waals surface area contributed by atoms with E-state index < -0.39 is 0 Å². The molecule has 4 heteroatoms. The Balaban J connectivity index is 2.24. The summed E-state index contributed by atoms with van der Waals surface area (Å²) in [5, 5.41) is 20.9. The van der Waals surface area contributed by atoms with Crippen molar-refractivity contribution in [2.24, 2.45) is 0 Å². The summed E-state index contributed by atoms with van der Waals surface area (Å²) in [6.45, 7) is 3.83. The number of aromatic hydroxyl groups is 1. The molecule has 0 saturated heterocycles. The largest absolute Gasteiger partial charge is 0.508 e. The number of nitrogens with one attached hydrogen (secondary N) is 1. The average molecular weight is 225 g/mol. The van der Waals surface area contributed by atoms with Gasteiger partial charge in [-0.3, -0.25) is 0 Å². The van der Waals surface area contributed by atoms with Crippen molar-refractivity contribution in [3.63, 3.8) is 0 Å². The van der Waals surface area contributed by atoms with Gasteiger partial charge in [-0.1, -0.05) is 12.1 Å². The second-order valence-electron chi connectivity index (χ2n) is 3.60. The number of ether oxygens (including phenoxy) is 1. The third-order valence-corrected chi connectivity index (χ3v) is 2.33. The molecule has 3 N–H and O–H groups in total. The molecule has 0 heterocycles. The number of hydrogen-bond acceptors (Lipinski definition) is 4. The molecule has 0 aromatic heterocycles. The zero-order valence-electron chi connectivity index (χ0n) is 9.52. The summed E-state index contributed by atoms with van der Waals surface area (Å²) >= 11 is 0. The lowest BCUT2D eigenvalue weighted by atomic mass is 10.1. The van der Waals surface area contributed by atoms with Crippen LogP contribution in [-0.2, 0) is 4.74 Å². The standard InChI is InChI=1S/C12H19NO3/c1-10(13-6-8-16-9-7-14)11-2-4-12(15)5-3-11/h2-5,10,13-15H,6-9H2,1H3. The minimum absolute atomic E-state index is 0.0630. The van der Waals surface area contributed by atoms with Gasteiger partial charge in [-0.2, -0.15) is 0 Å². The van der Waals surface area contributed by atoms with Crippen LogP contribution in [0, 0.1) is 0 Å². The minimum atomic E-state index is 0.0630. The summed E-state index contributed by atoms with van der Waals surface area (Å²) in [5.74, 6) is 0.280. The molecule has 0 radical (unpaired) electrons. The summed E-state index contributed by atoms with van der Waals surface area (Å²) in [6.07, 6.45) is 0. The Morgan fingerprint density at radius 2 is 1.94 bits per heavy atom. The molecule has 1 aromatic rings. The van der Waals surface area contributed by atoms with E-state index >= 15 is 0 Å². The Bertz CT molecular complexity index is 287. The molecular formula is C12H19NO3. The van der Waals surface area contributed by atoms with Crippen molar-refractivity contribution in [3.05, 3.63) is 29.8 Å². The molecule has 0 aliphatic rings. The van der Waals surface area contributed by atoms with Gasteiger partial charge in [-0.05, 0) is 24.6 Å². The number of aliphatic hydroxyl groups excluding tert-OH is 1. The highest BCUT2D eigenvalue weighted by Crippen LogP contribution is 2.15. The van der Waals surface area contributed by atoms with Crippen LogP contribution in [0.25, 0.3) is 0 Å². The van der Waals surface area contributed by atoms with Crippen LogP contribution in [0.4, 0.5) is 0 Å². The van der Waals surface area contributed by atoms with E-state index in [1.807, 2.05) is 12.1 Å². The third-order valence-electron chi connectivity index (χ3n) is 2.33. The van der Waals surface area contributed by atoms with Crippen LogP contribution in [0.3, 0.4) is 0 Å². The highest BCUT2D eigenvalue weighted by Gasteiger charge is 2.03. The van der Waals surface area contributed by atoms with Crippen molar-refractivity contribution in [2.75, 3.05) is 26.4 Å². The van der Waals surface area contributed by atoms with E-state index in [1.165, 1.54) is 0 Å². The van der Waals surface area contributed by atoms with E-state index in [2.05, 4.69) is 12.2 Å². The highest BCUT2D eigenvalue weighted by molar-refractivity contribution is 5.27. The third kappa shape index (κ3) is 4.61. The van der Waals surface area contributed by atoms with Gasteiger partial charge in [0.1, 0.15) is 5.75 Å². The molecule has 0 amide bonds. The Hall–Kier alpha value is -1.10. The van der Waals surface area contributed by atoms with Crippen LogP contribution in [-0.4, -0.2) is 36.6 Å². The van der Waals surface area contributed by atoms with Crippen molar-refractivity contribution in [2.45, 2.75) is 13.0 Å². The number of phenolic OH excluding ortho intramolecular Hbond substituents is 1. The van der Waals surface area contributed by atoms with E-state index in [-0.39, 0.29) is 18.4 Å².